The zero-order chi connectivity index (χ0) is 19.1. The zero-order valence-corrected chi connectivity index (χ0v) is 16.9. The van der Waals surface area contributed by atoms with Crippen LogP contribution in [0.25, 0.3) is 11.3 Å². The molecule has 0 amide bonds. The van der Waals surface area contributed by atoms with Gasteiger partial charge in [0, 0.05) is 5.56 Å². The first kappa shape index (κ1) is 20.0. The van der Waals surface area contributed by atoms with Gasteiger partial charge in [0.15, 0.2) is 0 Å². The van der Waals surface area contributed by atoms with Gasteiger partial charge in [0.1, 0.15) is 5.82 Å². The van der Waals surface area contributed by atoms with E-state index in [-0.39, 0.29) is 5.82 Å². The Morgan fingerprint density at radius 2 is 1.67 bits per heavy atom. The Balaban J connectivity index is 1.48. The molecule has 1 fully saturated rings. The van der Waals surface area contributed by atoms with Gasteiger partial charge in [-0.25, -0.2) is 4.39 Å². The van der Waals surface area contributed by atoms with Gasteiger partial charge in [-0.2, -0.15) is 10.2 Å². The molecule has 27 heavy (non-hydrogen) atoms. The number of hydrogen-bond acceptors (Lipinski definition) is 2. The van der Waals surface area contributed by atoms with Crippen LogP contribution >= 0.6 is 0 Å². The number of aryl methyl sites for hydroxylation is 2. The van der Waals surface area contributed by atoms with Crippen molar-refractivity contribution in [3.05, 3.63) is 47.4 Å². The summed E-state index contributed by atoms with van der Waals surface area (Å²) in [4.78, 5) is 0. The lowest BCUT2D eigenvalue weighted by Crippen LogP contribution is -2.15. The van der Waals surface area contributed by atoms with Crippen LogP contribution in [0.5, 0.6) is 0 Å². The van der Waals surface area contributed by atoms with E-state index in [1.54, 1.807) is 6.07 Å². The summed E-state index contributed by atoms with van der Waals surface area (Å²) in [6.07, 6.45) is 13.2. The predicted molar refractivity (Wildman–Crippen MR) is 110 cm³/mol. The molecule has 146 valence electrons. The minimum Gasteiger partial charge on any atom is -0.206 e. The van der Waals surface area contributed by atoms with E-state index in [4.69, 9.17) is 0 Å². The van der Waals surface area contributed by atoms with E-state index in [0.717, 1.165) is 29.5 Å². The molecule has 0 aliphatic heterocycles. The van der Waals surface area contributed by atoms with Crippen molar-refractivity contribution in [2.24, 2.45) is 11.8 Å². The van der Waals surface area contributed by atoms with Crippen LogP contribution < -0.4 is 0 Å². The molecule has 3 rings (SSSR count). The molecular formula is C24H33FN2. The molecule has 0 atom stereocenters. The van der Waals surface area contributed by atoms with E-state index < -0.39 is 0 Å². The van der Waals surface area contributed by atoms with Crippen LogP contribution in [0.1, 0.15) is 76.0 Å². The molecule has 0 spiro atoms. The van der Waals surface area contributed by atoms with Gasteiger partial charge in [0.2, 0.25) is 0 Å². The Morgan fingerprint density at radius 3 is 2.30 bits per heavy atom. The average Bonchev–Trinajstić information content (AvgIpc) is 2.68. The van der Waals surface area contributed by atoms with Gasteiger partial charge in [-0.3, -0.25) is 0 Å². The average molecular weight is 369 g/mol. The van der Waals surface area contributed by atoms with Gasteiger partial charge >= 0.3 is 0 Å². The highest BCUT2D eigenvalue weighted by Crippen LogP contribution is 2.34. The normalized spacial score (nSPS) is 20.0. The first-order valence-electron chi connectivity index (χ1n) is 10.7. The third kappa shape index (κ3) is 5.85. The molecule has 2 nitrogen and oxygen atoms in total. The molecule has 1 aromatic carbocycles. The van der Waals surface area contributed by atoms with Crippen molar-refractivity contribution in [2.75, 3.05) is 0 Å². The lowest BCUT2D eigenvalue weighted by Gasteiger charge is -2.28. The SMILES string of the molecule is CCCCCC1CCC(CCc2ccc(-c3ccc(C)nn3)c(F)c2)CC1. The fraction of sp³-hybridized carbons (Fsp3) is 0.583. The van der Waals surface area contributed by atoms with Gasteiger partial charge in [0.25, 0.3) is 0 Å². The van der Waals surface area contributed by atoms with Crippen LogP contribution in [-0.2, 0) is 6.42 Å². The summed E-state index contributed by atoms with van der Waals surface area (Å²) in [5.74, 6) is 1.59. The van der Waals surface area contributed by atoms with Gasteiger partial charge in [0.05, 0.1) is 11.4 Å². The second-order valence-electron chi connectivity index (χ2n) is 8.30. The smallest absolute Gasteiger partial charge is 0.132 e. The number of benzene rings is 1. The highest BCUT2D eigenvalue weighted by atomic mass is 19.1. The fourth-order valence-electron chi connectivity index (χ4n) is 4.33. The third-order valence-corrected chi connectivity index (χ3v) is 6.13. The number of nitrogens with zero attached hydrogens (tertiary/aromatic N) is 2. The summed E-state index contributed by atoms with van der Waals surface area (Å²) in [7, 11) is 0. The maximum absolute atomic E-state index is 14.5. The van der Waals surface area contributed by atoms with E-state index in [1.807, 2.05) is 25.1 Å². The van der Waals surface area contributed by atoms with Crippen LogP contribution in [0.3, 0.4) is 0 Å². The standard InChI is InChI=1S/C24H33FN2/c1-3-4-5-6-19-8-10-20(11-9-19)12-13-21-14-15-22(23(25)17-21)24-16-7-18(2)26-27-24/h7,14-17,19-20H,3-6,8-13H2,1-2H3. The number of hydrogen-bond donors (Lipinski definition) is 0. The fourth-order valence-corrected chi connectivity index (χ4v) is 4.33. The monoisotopic (exact) mass is 368 g/mol. The summed E-state index contributed by atoms with van der Waals surface area (Å²) in [6, 6.07) is 9.30. The summed E-state index contributed by atoms with van der Waals surface area (Å²) < 4.78 is 14.5. The van der Waals surface area contributed by atoms with Crippen LogP contribution in [-0.4, -0.2) is 10.2 Å². The summed E-state index contributed by atoms with van der Waals surface area (Å²) in [5.41, 5.74) is 3.09. The van der Waals surface area contributed by atoms with Crippen LogP contribution in [0.2, 0.25) is 0 Å². The Kier molecular flexibility index (Phi) is 7.37. The molecule has 1 heterocycles. The van der Waals surface area contributed by atoms with E-state index in [1.165, 1.54) is 57.8 Å². The maximum Gasteiger partial charge on any atom is 0.132 e. The zero-order valence-electron chi connectivity index (χ0n) is 16.9. The van der Waals surface area contributed by atoms with Gasteiger partial charge in [-0.1, -0.05) is 64.4 Å². The lowest BCUT2D eigenvalue weighted by molar-refractivity contribution is 0.249. The molecule has 1 aliphatic carbocycles. The molecule has 1 saturated carbocycles. The van der Waals surface area contributed by atoms with E-state index in [2.05, 4.69) is 23.2 Å². The quantitative estimate of drug-likeness (QED) is 0.473. The molecule has 1 aliphatic rings. The van der Waals surface area contributed by atoms with Crippen molar-refractivity contribution in [1.29, 1.82) is 0 Å². The van der Waals surface area contributed by atoms with Crippen molar-refractivity contribution in [3.63, 3.8) is 0 Å². The van der Waals surface area contributed by atoms with Crippen LogP contribution in [0, 0.1) is 24.6 Å². The van der Waals surface area contributed by atoms with Crippen molar-refractivity contribution >= 4 is 0 Å². The number of rotatable bonds is 8. The van der Waals surface area contributed by atoms with Crippen molar-refractivity contribution in [1.82, 2.24) is 10.2 Å². The van der Waals surface area contributed by atoms with Crippen molar-refractivity contribution in [2.45, 2.75) is 78.1 Å². The minimum atomic E-state index is -0.190. The highest BCUT2D eigenvalue weighted by molar-refractivity contribution is 5.59. The maximum atomic E-state index is 14.5. The predicted octanol–water partition coefficient (Wildman–Crippen LogP) is 6.91. The third-order valence-electron chi connectivity index (χ3n) is 6.13. The van der Waals surface area contributed by atoms with E-state index >= 15 is 0 Å². The molecular weight excluding hydrogens is 335 g/mol. The first-order valence-corrected chi connectivity index (χ1v) is 10.7. The van der Waals surface area contributed by atoms with Crippen molar-refractivity contribution < 1.29 is 4.39 Å². The van der Waals surface area contributed by atoms with Gasteiger partial charge in [-0.15, -0.1) is 0 Å². The number of halogens is 1. The van der Waals surface area contributed by atoms with Crippen LogP contribution in [0.4, 0.5) is 4.39 Å². The second-order valence-corrected chi connectivity index (χ2v) is 8.30. The molecule has 0 radical (unpaired) electrons. The molecule has 2 aromatic rings. The lowest BCUT2D eigenvalue weighted by atomic mass is 9.78. The molecule has 3 heteroatoms. The summed E-state index contributed by atoms with van der Waals surface area (Å²) in [6.45, 7) is 4.16. The molecule has 0 N–H and O–H groups in total. The topological polar surface area (TPSA) is 25.8 Å². The molecule has 0 bridgehead atoms. The van der Waals surface area contributed by atoms with E-state index in [0.29, 0.717) is 11.3 Å². The summed E-state index contributed by atoms with van der Waals surface area (Å²) >= 11 is 0. The van der Waals surface area contributed by atoms with Crippen molar-refractivity contribution in [3.8, 4) is 11.3 Å². The summed E-state index contributed by atoms with van der Waals surface area (Å²) in [5, 5.41) is 8.13. The minimum absolute atomic E-state index is 0.190. The van der Waals surface area contributed by atoms with Crippen LogP contribution in [0.15, 0.2) is 30.3 Å². The Bertz CT molecular complexity index is 703. The first-order chi connectivity index (χ1) is 13.2. The second kappa shape index (κ2) is 9.96. The Labute approximate surface area is 163 Å². The number of aromatic nitrogens is 2. The Hall–Kier alpha value is -1.77. The van der Waals surface area contributed by atoms with E-state index in [9.17, 15) is 4.39 Å². The number of unbranched alkanes of at least 4 members (excludes halogenated alkanes) is 2. The molecule has 0 saturated heterocycles. The van der Waals surface area contributed by atoms with Gasteiger partial charge < -0.3 is 0 Å². The molecule has 0 unspecified atom stereocenters. The largest absolute Gasteiger partial charge is 0.206 e. The van der Waals surface area contributed by atoms with Gasteiger partial charge in [-0.05, 0) is 61.4 Å². The molecule has 1 aromatic heterocycles. The Morgan fingerprint density at radius 1 is 0.926 bits per heavy atom. The highest BCUT2D eigenvalue weighted by Gasteiger charge is 2.20.